The van der Waals surface area contributed by atoms with Crippen LogP contribution < -0.4 is 11.1 Å². The van der Waals surface area contributed by atoms with Crippen molar-refractivity contribution >= 4 is 18.3 Å². The zero-order valence-corrected chi connectivity index (χ0v) is 11.4. The van der Waals surface area contributed by atoms with Crippen LogP contribution in [0.4, 0.5) is 0 Å². The molecule has 3 nitrogen and oxygen atoms in total. The number of amides is 1. The van der Waals surface area contributed by atoms with E-state index in [1.165, 1.54) is 12.8 Å². The van der Waals surface area contributed by atoms with Gasteiger partial charge in [-0.15, -0.1) is 12.4 Å². The van der Waals surface area contributed by atoms with E-state index in [1.54, 1.807) is 0 Å². The Balaban J connectivity index is 0.00000225. The second kappa shape index (κ2) is 6.45. The van der Waals surface area contributed by atoms with E-state index in [1.807, 2.05) is 6.92 Å². The van der Waals surface area contributed by atoms with Crippen LogP contribution >= 0.6 is 12.4 Å². The van der Waals surface area contributed by atoms with Crippen molar-refractivity contribution in [2.45, 2.75) is 52.0 Å². The fraction of sp³-hybridized carbons (Fsp3) is 0.917. The van der Waals surface area contributed by atoms with E-state index in [9.17, 15) is 4.79 Å². The van der Waals surface area contributed by atoms with E-state index in [0.29, 0.717) is 12.5 Å². The molecule has 1 rings (SSSR count). The van der Waals surface area contributed by atoms with Gasteiger partial charge in [0.25, 0.3) is 0 Å². The summed E-state index contributed by atoms with van der Waals surface area (Å²) in [4.78, 5) is 12.0. The highest BCUT2D eigenvalue weighted by atomic mass is 35.5. The molecular formula is C12H25ClN2O. The number of carbonyl (C=O) groups excluding carboxylic acids is 1. The molecular weight excluding hydrogens is 224 g/mol. The summed E-state index contributed by atoms with van der Waals surface area (Å²) in [6.45, 7) is 6.73. The van der Waals surface area contributed by atoms with Gasteiger partial charge in [0.05, 0.1) is 5.54 Å². The van der Waals surface area contributed by atoms with Crippen LogP contribution in [0.1, 0.15) is 46.5 Å². The Bertz CT molecular complexity index is 227. The Morgan fingerprint density at radius 1 is 1.44 bits per heavy atom. The Kier molecular flexibility index (Phi) is 6.34. The van der Waals surface area contributed by atoms with E-state index in [2.05, 4.69) is 19.2 Å². The molecule has 4 heteroatoms. The third-order valence-corrected chi connectivity index (χ3v) is 3.83. The highest BCUT2D eigenvalue weighted by molar-refractivity contribution is 5.85. The maximum absolute atomic E-state index is 12.0. The lowest BCUT2D eigenvalue weighted by Crippen LogP contribution is -2.56. The van der Waals surface area contributed by atoms with E-state index < -0.39 is 0 Å². The largest absolute Gasteiger partial charge is 0.349 e. The number of nitrogens with two attached hydrogens (primary N) is 1. The van der Waals surface area contributed by atoms with Crippen molar-refractivity contribution in [1.82, 2.24) is 5.32 Å². The van der Waals surface area contributed by atoms with Crippen molar-refractivity contribution in [3.63, 3.8) is 0 Å². The lowest BCUT2D eigenvalue weighted by Gasteiger charge is -2.34. The molecule has 1 amide bonds. The number of halogens is 1. The molecule has 0 aromatic rings. The number of nitrogens with one attached hydrogen (secondary N) is 1. The molecule has 1 unspecified atom stereocenters. The maximum atomic E-state index is 12.0. The van der Waals surface area contributed by atoms with Gasteiger partial charge in [0.15, 0.2) is 0 Å². The van der Waals surface area contributed by atoms with Gasteiger partial charge in [0.1, 0.15) is 0 Å². The zero-order valence-electron chi connectivity index (χ0n) is 10.6. The molecule has 0 radical (unpaired) electrons. The van der Waals surface area contributed by atoms with E-state index in [-0.39, 0.29) is 29.8 Å². The molecule has 1 fully saturated rings. The van der Waals surface area contributed by atoms with Gasteiger partial charge in [0.2, 0.25) is 5.91 Å². The predicted molar refractivity (Wildman–Crippen MR) is 69.6 cm³/mol. The van der Waals surface area contributed by atoms with Crippen LogP contribution in [-0.4, -0.2) is 18.0 Å². The second-order valence-electron chi connectivity index (χ2n) is 5.25. The Morgan fingerprint density at radius 2 is 1.94 bits per heavy atom. The van der Waals surface area contributed by atoms with Gasteiger partial charge < -0.3 is 11.1 Å². The third-order valence-electron chi connectivity index (χ3n) is 3.83. The van der Waals surface area contributed by atoms with Crippen LogP contribution in [0.5, 0.6) is 0 Å². The summed E-state index contributed by atoms with van der Waals surface area (Å²) in [5.74, 6) is 0.802. The average Bonchev–Trinajstić information content (AvgIpc) is 2.70. The van der Waals surface area contributed by atoms with Crippen molar-refractivity contribution in [3.8, 4) is 0 Å². The molecule has 0 aromatic carbocycles. The third kappa shape index (κ3) is 3.63. The zero-order chi connectivity index (χ0) is 11.5. The summed E-state index contributed by atoms with van der Waals surface area (Å²) >= 11 is 0. The van der Waals surface area contributed by atoms with Gasteiger partial charge in [-0.1, -0.05) is 26.7 Å². The topological polar surface area (TPSA) is 55.1 Å². The number of rotatable bonds is 4. The molecule has 1 atom stereocenters. The summed E-state index contributed by atoms with van der Waals surface area (Å²) in [5.41, 5.74) is 5.49. The van der Waals surface area contributed by atoms with Crippen LogP contribution in [0.2, 0.25) is 0 Å². The first kappa shape index (κ1) is 15.7. The molecule has 16 heavy (non-hydrogen) atoms. The minimum atomic E-state index is -0.250. The quantitative estimate of drug-likeness (QED) is 0.801. The van der Waals surface area contributed by atoms with Crippen molar-refractivity contribution in [1.29, 1.82) is 0 Å². The molecule has 0 aromatic heterocycles. The van der Waals surface area contributed by atoms with Crippen molar-refractivity contribution in [2.24, 2.45) is 17.6 Å². The summed E-state index contributed by atoms with van der Waals surface area (Å²) in [5, 5.41) is 3.12. The Labute approximate surface area is 105 Å². The number of hydrogen-bond donors (Lipinski definition) is 2. The van der Waals surface area contributed by atoms with E-state index in [4.69, 9.17) is 5.73 Å². The monoisotopic (exact) mass is 248 g/mol. The van der Waals surface area contributed by atoms with Gasteiger partial charge in [-0.05, 0) is 25.7 Å². The van der Waals surface area contributed by atoms with Crippen molar-refractivity contribution in [2.75, 3.05) is 6.54 Å². The standard InChI is InChI=1S/C12H24N2O.ClH/c1-9(2)12(3,8-13)14-11(15)10-6-4-5-7-10;/h9-10H,4-8,13H2,1-3H3,(H,14,15);1H. The van der Waals surface area contributed by atoms with Gasteiger partial charge >= 0.3 is 0 Å². The summed E-state index contributed by atoms with van der Waals surface area (Å²) in [6, 6.07) is 0. The fourth-order valence-electron chi connectivity index (χ4n) is 2.00. The van der Waals surface area contributed by atoms with E-state index >= 15 is 0 Å². The first-order valence-electron chi connectivity index (χ1n) is 6.01. The highest BCUT2D eigenvalue weighted by Gasteiger charge is 2.32. The minimum Gasteiger partial charge on any atom is -0.349 e. The summed E-state index contributed by atoms with van der Waals surface area (Å²) in [6.07, 6.45) is 4.48. The molecule has 96 valence electrons. The first-order valence-corrected chi connectivity index (χ1v) is 6.01. The van der Waals surface area contributed by atoms with Crippen LogP contribution in [0.25, 0.3) is 0 Å². The molecule has 0 saturated heterocycles. The molecule has 0 spiro atoms. The molecule has 0 heterocycles. The first-order chi connectivity index (χ1) is 6.99. The Morgan fingerprint density at radius 3 is 2.31 bits per heavy atom. The SMILES string of the molecule is CC(C)C(C)(CN)NC(=O)C1CCCC1.Cl. The normalized spacial score (nSPS) is 20.3. The van der Waals surface area contributed by atoms with Gasteiger partial charge in [0, 0.05) is 12.5 Å². The van der Waals surface area contributed by atoms with Crippen LogP contribution in [0, 0.1) is 11.8 Å². The number of hydrogen-bond acceptors (Lipinski definition) is 2. The highest BCUT2D eigenvalue weighted by Crippen LogP contribution is 2.26. The van der Waals surface area contributed by atoms with Crippen LogP contribution in [-0.2, 0) is 4.79 Å². The smallest absolute Gasteiger partial charge is 0.223 e. The maximum Gasteiger partial charge on any atom is 0.223 e. The molecule has 1 saturated carbocycles. The van der Waals surface area contributed by atoms with E-state index in [0.717, 1.165) is 12.8 Å². The van der Waals surface area contributed by atoms with Crippen LogP contribution in [0.3, 0.4) is 0 Å². The minimum absolute atomic E-state index is 0. The van der Waals surface area contributed by atoms with Crippen LogP contribution in [0.15, 0.2) is 0 Å². The number of carbonyl (C=O) groups is 1. The Hall–Kier alpha value is -0.280. The van der Waals surface area contributed by atoms with Crippen molar-refractivity contribution in [3.05, 3.63) is 0 Å². The summed E-state index contributed by atoms with van der Waals surface area (Å²) < 4.78 is 0. The molecule has 0 aliphatic heterocycles. The summed E-state index contributed by atoms with van der Waals surface area (Å²) in [7, 11) is 0. The van der Waals surface area contributed by atoms with Crippen molar-refractivity contribution < 1.29 is 4.79 Å². The molecule has 1 aliphatic rings. The lowest BCUT2D eigenvalue weighted by molar-refractivity contribution is -0.127. The van der Waals surface area contributed by atoms with Gasteiger partial charge in [-0.3, -0.25) is 4.79 Å². The van der Waals surface area contributed by atoms with Gasteiger partial charge in [-0.2, -0.15) is 0 Å². The van der Waals surface area contributed by atoms with Gasteiger partial charge in [-0.25, -0.2) is 0 Å². The predicted octanol–water partition coefficient (Wildman–Crippen LogP) is 2.09. The fourth-order valence-corrected chi connectivity index (χ4v) is 2.00. The molecule has 1 aliphatic carbocycles. The second-order valence-corrected chi connectivity index (χ2v) is 5.25. The average molecular weight is 249 g/mol. The molecule has 0 bridgehead atoms. The lowest BCUT2D eigenvalue weighted by atomic mass is 9.87. The molecule has 3 N–H and O–H groups in total.